The van der Waals surface area contributed by atoms with Crippen molar-refractivity contribution in [3.8, 4) is 0 Å². The van der Waals surface area contributed by atoms with Crippen LogP contribution in [0.25, 0.3) is 10.9 Å². The zero-order chi connectivity index (χ0) is 31.4. The van der Waals surface area contributed by atoms with E-state index in [1.807, 2.05) is 60.9 Å². The van der Waals surface area contributed by atoms with Gasteiger partial charge in [0.25, 0.3) is 0 Å². The largest absolute Gasteiger partial charge is 0.480 e. The van der Waals surface area contributed by atoms with Gasteiger partial charge in [-0.3, -0.25) is 19.2 Å². The van der Waals surface area contributed by atoms with Gasteiger partial charge in [0.05, 0.1) is 6.04 Å². The number of benzene rings is 2. The molecule has 1 aromatic heterocycles. The summed E-state index contributed by atoms with van der Waals surface area (Å²) in [6.07, 6.45) is 3.72. The summed E-state index contributed by atoms with van der Waals surface area (Å²) >= 11 is 1.44. The van der Waals surface area contributed by atoms with Crippen molar-refractivity contribution >= 4 is 52.3 Å². The van der Waals surface area contributed by atoms with Crippen molar-refractivity contribution in [2.24, 2.45) is 11.5 Å². The molecule has 2 aromatic carbocycles. The van der Waals surface area contributed by atoms with Crippen molar-refractivity contribution in [2.45, 2.75) is 56.3 Å². The first-order valence-electron chi connectivity index (χ1n) is 13.8. The summed E-state index contributed by atoms with van der Waals surface area (Å²) in [6, 6.07) is 12.3. The fourth-order valence-corrected chi connectivity index (χ4v) is 5.03. The minimum atomic E-state index is -1.37. The third-order valence-electron chi connectivity index (χ3n) is 6.90. The van der Waals surface area contributed by atoms with Gasteiger partial charge in [-0.15, -0.1) is 0 Å². The van der Waals surface area contributed by atoms with E-state index in [1.165, 1.54) is 11.8 Å². The predicted octanol–water partition coefficient (Wildman–Crippen LogP) is 0.838. The SMILES string of the molecule is CSCCC(NC(=O)C(Cc1c[nH]c2ccccc12)NC(=O)C(N)Cc1ccccc1)C(=O)NC(CCC(N)=O)C(=O)O. The molecule has 0 aliphatic rings. The van der Waals surface area contributed by atoms with Gasteiger partial charge in [0.15, 0.2) is 0 Å². The van der Waals surface area contributed by atoms with E-state index in [-0.39, 0.29) is 32.1 Å². The molecular formula is C30H38N6O6S. The van der Waals surface area contributed by atoms with E-state index in [2.05, 4.69) is 20.9 Å². The highest BCUT2D eigenvalue weighted by atomic mass is 32.2. The van der Waals surface area contributed by atoms with Gasteiger partial charge in [0.2, 0.25) is 23.6 Å². The van der Waals surface area contributed by atoms with E-state index in [0.29, 0.717) is 5.75 Å². The van der Waals surface area contributed by atoms with E-state index >= 15 is 0 Å². The maximum absolute atomic E-state index is 13.7. The number of thioether (sulfide) groups is 1. The average Bonchev–Trinajstić information content (AvgIpc) is 3.39. The summed E-state index contributed by atoms with van der Waals surface area (Å²) in [7, 11) is 0. The number of fused-ring (bicyclic) bond motifs is 1. The van der Waals surface area contributed by atoms with Crippen LogP contribution < -0.4 is 27.4 Å². The lowest BCUT2D eigenvalue weighted by Gasteiger charge is -2.25. The van der Waals surface area contributed by atoms with Crippen molar-refractivity contribution in [2.75, 3.05) is 12.0 Å². The molecule has 0 aliphatic heterocycles. The van der Waals surface area contributed by atoms with Crippen LogP contribution in [0.4, 0.5) is 0 Å². The van der Waals surface area contributed by atoms with Crippen LogP contribution in [0.15, 0.2) is 60.8 Å². The normalized spacial score (nSPS) is 13.8. The number of carboxylic acid groups (broad SMARTS) is 1. The van der Waals surface area contributed by atoms with Crippen molar-refractivity contribution < 1.29 is 29.1 Å². The Morgan fingerprint density at radius 1 is 0.837 bits per heavy atom. The van der Waals surface area contributed by atoms with E-state index in [0.717, 1.165) is 22.0 Å². The number of hydrogen-bond acceptors (Lipinski definition) is 7. The standard InChI is InChI=1S/C30H38N6O6S/c1-43-14-13-23(28(39)35-24(30(41)42)11-12-26(32)37)34-29(40)25(16-19-17-33-22-10-6-5-9-20(19)22)36-27(38)21(31)15-18-7-3-2-4-8-18/h2-10,17,21,23-25,33H,11-16,31H2,1H3,(H2,32,37)(H,34,40)(H,35,39)(H,36,38)(H,41,42). The van der Waals surface area contributed by atoms with Crippen molar-refractivity contribution in [3.05, 3.63) is 71.9 Å². The second kappa shape index (κ2) is 16.3. The number of H-pyrrole nitrogens is 1. The van der Waals surface area contributed by atoms with Gasteiger partial charge in [-0.25, -0.2) is 4.79 Å². The first-order chi connectivity index (χ1) is 20.6. The molecule has 13 heteroatoms. The Hall–Kier alpha value is -4.36. The first-order valence-corrected chi connectivity index (χ1v) is 15.2. The Morgan fingerprint density at radius 2 is 1.47 bits per heavy atom. The number of carboxylic acids is 1. The Morgan fingerprint density at radius 3 is 2.14 bits per heavy atom. The lowest BCUT2D eigenvalue weighted by molar-refractivity contribution is -0.142. The van der Waals surface area contributed by atoms with E-state index < -0.39 is 53.8 Å². The van der Waals surface area contributed by atoms with Gasteiger partial charge in [0.1, 0.15) is 18.1 Å². The lowest BCUT2D eigenvalue weighted by Crippen LogP contribution is -2.58. The van der Waals surface area contributed by atoms with E-state index in [1.54, 1.807) is 6.20 Å². The number of aromatic amines is 1. The summed E-state index contributed by atoms with van der Waals surface area (Å²) in [4.78, 5) is 66.1. The molecule has 4 amide bonds. The Balaban J connectivity index is 1.81. The molecule has 230 valence electrons. The molecule has 0 radical (unpaired) electrons. The van der Waals surface area contributed by atoms with Crippen molar-refractivity contribution in [1.82, 2.24) is 20.9 Å². The maximum Gasteiger partial charge on any atom is 0.326 e. The van der Waals surface area contributed by atoms with Crippen LogP contribution >= 0.6 is 11.8 Å². The van der Waals surface area contributed by atoms with Gasteiger partial charge in [-0.1, -0.05) is 48.5 Å². The van der Waals surface area contributed by atoms with Crippen LogP contribution in [-0.2, 0) is 36.8 Å². The highest BCUT2D eigenvalue weighted by molar-refractivity contribution is 7.98. The zero-order valence-electron chi connectivity index (χ0n) is 23.9. The number of carbonyl (C=O) groups excluding carboxylic acids is 4. The highest BCUT2D eigenvalue weighted by Gasteiger charge is 2.31. The Bertz CT molecular complexity index is 1410. The molecule has 0 fully saturated rings. The molecule has 3 aromatic rings. The zero-order valence-corrected chi connectivity index (χ0v) is 24.7. The number of amides is 4. The molecule has 0 spiro atoms. The Kier molecular flexibility index (Phi) is 12.6. The average molecular weight is 611 g/mol. The van der Waals surface area contributed by atoms with Crippen LogP contribution in [0.2, 0.25) is 0 Å². The maximum atomic E-state index is 13.7. The summed E-state index contributed by atoms with van der Waals surface area (Å²) in [6.45, 7) is 0. The molecule has 12 nitrogen and oxygen atoms in total. The summed E-state index contributed by atoms with van der Waals surface area (Å²) in [5, 5.41) is 18.3. The number of rotatable bonds is 17. The third-order valence-corrected chi connectivity index (χ3v) is 7.55. The highest BCUT2D eigenvalue weighted by Crippen LogP contribution is 2.19. The molecule has 4 unspecified atom stereocenters. The van der Waals surface area contributed by atoms with Gasteiger partial charge in [-0.2, -0.15) is 11.8 Å². The lowest BCUT2D eigenvalue weighted by atomic mass is 10.0. The quantitative estimate of drug-likeness (QED) is 0.116. The van der Waals surface area contributed by atoms with E-state index in [4.69, 9.17) is 11.5 Å². The third kappa shape index (κ3) is 10.1. The van der Waals surface area contributed by atoms with Crippen molar-refractivity contribution in [1.29, 1.82) is 0 Å². The van der Waals surface area contributed by atoms with Crippen LogP contribution in [0, 0.1) is 0 Å². The van der Waals surface area contributed by atoms with Crippen molar-refractivity contribution in [3.63, 3.8) is 0 Å². The van der Waals surface area contributed by atoms with Crippen LogP contribution in [0.3, 0.4) is 0 Å². The van der Waals surface area contributed by atoms with Crippen LogP contribution in [0.5, 0.6) is 0 Å². The molecule has 0 saturated carbocycles. The number of hydrogen-bond donors (Lipinski definition) is 7. The summed E-state index contributed by atoms with van der Waals surface area (Å²) in [5.74, 6) is -3.44. The number of primary amides is 1. The molecule has 4 atom stereocenters. The number of carbonyl (C=O) groups is 5. The minimum Gasteiger partial charge on any atom is -0.480 e. The number of para-hydroxylation sites is 1. The summed E-state index contributed by atoms with van der Waals surface area (Å²) < 4.78 is 0. The molecular weight excluding hydrogens is 572 g/mol. The van der Waals surface area contributed by atoms with Gasteiger partial charge >= 0.3 is 5.97 Å². The number of aromatic nitrogens is 1. The van der Waals surface area contributed by atoms with Gasteiger partial charge in [-0.05, 0) is 48.5 Å². The molecule has 3 rings (SSSR count). The topological polar surface area (TPSA) is 210 Å². The van der Waals surface area contributed by atoms with Gasteiger partial charge < -0.3 is 37.5 Å². The Labute approximate surface area is 253 Å². The predicted molar refractivity (Wildman–Crippen MR) is 165 cm³/mol. The number of aliphatic carboxylic acids is 1. The molecule has 0 aliphatic carbocycles. The summed E-state index contributed by atoms with van der Waals surface area (Å²) in [5.41, 5.74) is 13.8. The molecule has 43 heavy (non-hydrogen) atoms. The van der Waals surface area contributed by atoms with Crippen LogP contribution in [-0.4, -0.2) is 75.9 Å². The van der Waals surface area contributed by atoms with Crippen LogP contribution in [0.1, 0.15) is 30.4 Å². The molecule has 1 heterocycles. The molecule has 0 saturated heterocycles. The smallest absolute Gasteiger partial charge is 0.326 e. The molecule has 9 N–H and O–H groups in total. The van der Waals surface area contributed by atoms with Gasteiger partial charge in [0, 0.05) is 29.9 Å². The second-order valence-corrected chi connectivity index (χ2v) is 11.2. The first kappa shape index (κ1) is 33.1. The number of nitrogens with two attached hydrogens (primary N) is 2. The fraction of sp³-hybridized carbons (Fsp3) is 0.367. The number of nitrogens with one attached hydrogen (secondary N) is 4. The monoisotopic (exact) mass is 610 g/mol. The fourth-order valence-electron chi connectivity index (χ4n) is 4.56. The molecule has 0 bridgehead atoms. The second-order valence-electron chi connectivity index (χ2n) is 10.2. The van der Waals surface area contributed by atoms with E-state index in [9.17, 15) is 29.1 Å². The minimum absolute atomic E-state index is 0.104.